The molecule has 6 nitrogen and oxygen atoms in total. The summed E-state index contributed by atoms with van der Waals surface area (Å²) in [5.74, 6) is 2.06. The zero-order chi connectivity index (χ0) is 17.4. The van der Waals surface area contributed by atoms with Crippen LogP contribution in [0.2, 0.25) is 0 Å². The highest BCUT2D eigenvalue weighted by atomic mass is 19.1. The predicted octanol–water partition coefficient (Wildman–Crippen LogP) is 2.28. The molecular formula is C17H24FN5O. The zero-order valence-electron chi connectivity index (χ0n) is 14.3. The summed E-state index contributed by atoms with van der Waals surface area (Å²) in [7, 11) is 1.70. The summed E-state index contributed by atoms with van der Waals surface area (Å²) in [5, 5.41) is 10.3. The molecule has 2 N–H and O–H groups in total. The third-order valence-electron chi connectivity index (χ3n) is 3.50. The quantitative estimate of drug-likeness (QED) is 0.600. The van der Waals surface area contributed by atoms with Gasteiger partial charge in [0.15, 0.2) is 11.8 Å². The van der Waals surface area contributed by atoms with Crippen LogP contribution in [-0.4, -0.2) is 36.2 Å². The van der Waals surface area contributed by atoms with Crippen molar-refractivity contribution in [3.63, 3.8) is 0 Å². The lowest BCUT2D eigenvalue weighted by Gasteiger charge is -2.11. The molecule has 0 aliphatic heterocycles. The Bertz CT molecular complexity index is 669. The van der Waals surface area contributed by atoms with E-state index >= 15 is 0 Å². The Morgan fingerprint density at radius 3 is 2.54 bits per heavy atom. The summed E-state index contributed by atoms with van der Waals surface area (Å²) in [6.45, 7) is 5.26. The van der Waals surface area contributed by atoms with E-state index in [0.29, 0.717) is 43.3 Å². The maximum atomic E-state index is 13.5. The number of halogens is 1. The Kier molecular flexibility index (Phi) is 6.72. The number of aromatic nitrogens is 2. The van der Waals surface area contributed by atoms with Gasteiger partial charge in [-0.25, -0.2) is 4.39 Å². The lowest BCUT2D eigenvalue weighted by molar-refractivity contribution is 0.371. The number of benzene rings is 1. The molecule has 0 saturated heterocycles. The highest BCUT2D eigenvalue weighted by Crippen LogP contribution is 2.09. The van der Waals surface area contributed by atoms with Crippen LogP contribution in [0, 0.1) is 5.82 Å². The average molecular weight is 333 g/mol. The monoisotopic (exact) mass is 333 g/mol. The first-order valence-corrected chi connectivity index (χ1v) is 8.10. The Morgan fingerprint density at radius 2 is 1.92 bits per heavy atom. The molecule has 2 aromatic rings. The fraction of sp³-hybridized carbons (Fsp3) is 0.471. The second-order valence-corrected chi connectivity index (χ2v) is 5.72. The smallest absolute Gasteiger partial charge is 0.228 e. The van der Waals surface area contributed by atoms with Crippen molar-refractivity contribution in [1.82, 2.24) is 20.8 Å². The highest BCUT2D eigenvalue weighted by molar-refractivity contribution is 5.79. The van der Waals surface area contributed by atoms with Crippen LogP contribution in [0.3, 0.4) is 0 Å². The molecular weight excluding hydrogens is 309 g/mol. The molecule has 1 heterocycles. The van der Waals surface area contributed by atoms with Crippen LogP contribution in [-0.2, 0) is 12.8 Å². The molecule has 0 fully saturated rings. The standard InChI is InChI=1S/C17H24FN5O/c1-12(2)16-22-15(24-23-16)9-11-21-17(19-3)20-10-8-13-6-4-5-7-14(13)18/h4-7,12H,8-11H2,1-3H3,(H2,19,20,21). The summed E-state index contributed by atoms with van der Waals surface area (Å²) in [6.07, 6.45) is 1.21. The molecule has 130 valence electrons. The predicted molar refractivity (Wildman–Crippen MR) is 91.6 cm³/mol. The largest absolute Gasteiger partial charge is 0.356 e. The van der Waals surface area contributed by atoms with Crippen LogP contribution < -0.4 is 10.6 Å². The van der Waals surface area contributed by atoms with Crippen molar-refractivity contribution < 1.29 is 8.91 Å². The number of nitrogens with one attached hydrogen (secondary N) is 2. The van der Waals surface area contributed by atoms with Gasteiger partial charge in [-0.1, -0.05) is 37.2 Å². The third kappa shape index (κ3) is 5.33. The van der Waals surface area contributed by atoms with E-state index in [1.165, 1.54) is 6.07 Å². The van der Waals surface area contributed by atoms with E-state index in [1.54, 1.807) is 19.2 Å². The van der Waals surface area contributed by atoms with Crippen LogP contribution in [0.15, 0.2) is 33.8 Å². The molecule has 1 aromatic carbocycles. The molecule has 0 aliphatic rings. The minimum absolute atomic E-state index is 0.181. The van der Waals surface area contributed by atoms with Gasteiger partial charge >= 0.3 is 0 Å². The number of nitrogens with zero attached hydrogens (tertiary/aromatic N) is 3. The fourth-order valence-electron chi connectivity index (χ4n) is 2.13. The Hall–Kier alpha value is -2.44. The molecule has 7 heteroatoms. The van der Waals surface area contributed by atoms with Crippen molar-refractivity contribution in [1.29, 1.82) is 0 Å². The molecule has 0 atom stereocenters. The molecule has 0 amide bonds. The van der Waals surface area contributed by atoms with Gasteiger partial charge < -0.3 is 15.2 Å². The normalized spacial score (nSPS) is 11.8. The Morgan fingerprint density at radius 1 is 1.21 bits per heavy atom. The van der Waals surface area contributed by atoms with Crippen molar-refractivity contribution in [2.45, 2.75) is 32.6 Å². The maximum Gasteiger partial charge on any atom is 0.228 e. The summed E-state index contributed by atoms with van der Waals surface area (Å²) >= 11 is 0. The van der Waals surface area contributed by atoms with E-state index in [4.69, 9.17) is 4.52 Å². The molecule has 2 rings (SSSR count). The van der Waals surface area contributed by atoms with Crippen molar-refractivity contribution in [2.24, 2.45) is 4.99 Å². The lowest BCUT2D eigenvalue weighted by atomic mass is 10.1. The summed E-state index contributed by atoms with van der Waals surface area (Å²) in [5.41, 5.74) is 0.688. The van der Waals surface area contributed by atoms with E-state index in [9.17, 15) is 4.39 Å². The molecule has 24 heavy (non-hydrogen) atoms. The Labute approximate surface area is 141 Å². The van der Waals surface area contributed by atoms with Gasteiger partial charge in [0.25, 0.3) is 0 Å². The molecule has 0 saturated carbocycles. The number of aliphatic imine (C=N–C) groups is 1. The number of rotatable bonds is 7. The Balaban J connectivity index is 1.71. The molecule has 1 aromatic heterocycles. The van der Waals surface area contributed by atoms with Gasteiger partial charge in [0.2, 0.25) is 5.89 Å². The zero-order valence-corrected chi connectivity index (χ0v) is 14.3. The van der Waals surface area contributed by atoms with Crippen molar-refractivity contribution in [3.8, 4) is 0 Å². The first kappa shape index (κ1) is 17.9. The fourth-order valence-corrected chi connectivity index (χ4v) is 2.13. The first-order chi connectivity index (χ1) is 11.6. The van der Waals surface area contributed by atoms with E-state index in [-0.39, 0.29) is 11.7 Å². The molecule has 0 unspecified atom stereocenters. The van der Waals surface area contributed by atoms with Gasteiger partial charge in [-0.2, -0.15) is 4.98 Å². The van der Waals surface area contributed by atoms with Crippen LogP contribution in [0.4, 0.5) is 4.39 Å². The van der Waals surface area contributed by atoms with Crippen molar-refractivity contribution in [3.05, 3.63) is 47.4 Å². The minimum Gasteiger partial charge on any atom is -0.356 e. The second kappa shape index (κ2) is 9.00. The van der Waals surface area contributed by atoms with Gasteiger partial charge in [0.1, 0.15) is 5.82 Å². The van der Waals surface area contributed by atoms with Gasteiger partial charge in [0, 0.05) is 32.5 Å². The first-order valence-electron chi connectivity index (χ1n) is 8.10. The second-order valence-electron chi connectivity index (χ2n) is 5.72. The topological polar surface area (TPSA) is 75.3 Å². The summed E-state index contributed by atoms with van der Waals surface area (Å²) in [4.78, 5) is 8.46. The minimum atomic E-state index is -0.181. The van der Waals surface area contributed by atoms with Crippen LogP contribution in [0.5, 0.6) is 0 Å². The molecule has 0 aliphatic carbocycles. The lowest BCUT2D eigenvalue weighted by Crippen LogP contribution is -2.39. The van der Waals surface area contributed by atoms with Gasteiger partial charge in [0.05, 0.1) is 0 Å². The molecule has 0 radical (unpaired) electrons. The number of hydrogen-bond acceptors (Lipinski definition) is 4. The van der Waals surface area contributed by atoms with Crippen LogP contribution in [0.1, 0.15) is 37.0 Å². The number of guanidine groups is 1. The molecule has 0 bridgehead atoms. The van der Waals surface area contributed by atoms with Gasteiger partial charge in [-0.05, 0) is 18.1 Å². The number of hydrogen-bond donors (Lipinski definition) is 2. The highest BCUT2D eigenvalue weighted by Gasteiger charge is 2.09. The van der Waals surface area contributed by atoms with Gasteiger partial charge in [-0.3, -0.25) is 4.99 Å². The van der Waals surface area contributed by atoms with Crippen molar-refractivity contribution in [2.75, 3.05) is 20.1 Å². The SMILES string of the molecule is CN=C(NCCc1nc(C(C)C)no1)NCCc1ccccc1F. The molecule has 0 spiro atoms. The summed E-state index contributed by atoms with van der Waals surface area (Å²) < 4.78 is 18.7. The van der Waals surface area contributed by atoms with Crippen LogP contribution in [0.25, 0.3) is 0 Å². The third-order valence-corrected chi connectivity index (χ3v) is 3.50. The van der Waals surface area contributed by atoms with Gasteiger partial charge in [-0.15, -0.1) is 0 Å². The maximum absolute atomic E-state index is 13.5. The van der Waals surface area contributed by atoms with E-state index in [1.807, 2.05) is 19.9 Å². The summed E-state index contributed by atoms with van der Waals surface area (Å²) in [6, 6.07) is 6.78. The van der Waals surface area contributed by atoms with Crippen LogP contribution >= 0.6 is 0 Å². The van der Waals surface area contributed by atoms with E-state index in [2.05, 4.69) is 25.8 Å². The van der Waals surface area contributed by atoms with E-state index < -0.39 is 0 Å². The van der Waals surface area contributed by atoms with E-state index in [0.717, 1.165) is 5.82 Å². The average Bonchev–Trinajstić information content (AvgIpc) is 3.04. The van der Waals surface area contributed by atoms with Crippen molar-refractivity contribution >= 4 is 5.96 Å².